The molecule has 0 bridgehead atoms. The first-order chi connectivity index (χ1) is 8.41. The Labute approximate surface area is 118 Å². The highest BCUT2D eigenvalue weighted by molar-refractivity contribution is 7.12. The summed E-state index contributed by atoms with van der Waals surface area (Å²) in [5.41, 5.74) is 3.72. The Morgan fingerprint density at radius 1 is 1.17 bits per heavy atom. The van der Waals surface area contributed by atoms with Crippen molar-refractivity contribution < 1.29 is 0 Å². The Kier molecular flexibility index (Phi) is 3.79. The predicted octanol–water partition coefficient (Wildman–Crippen LogP) is 5.15. The third-order valence-corrected chi connectivity index (χ3v) is 4.35. The summed E-state index contributed by atoms with van der Waals surface area (Å²) in [5, 5.41) is 1.07. The van der Waals surface area contributed by atoms with E-state index in [2.05, 4.69) is 50.0 Å². The van der Waals surface area contributed by atoms with Crippen molar-refractivity contribution in [2.45, 2.75) is 39.0 Å². The first-order valence-electron chi connectivity index (χ1n) is 6.05. The highest BCUT2D eigenvalue weighted by Crippen LogP contribution is 2.31. The molecular formula is C15H18ClNS. The zero-order chi connectivity index (χ0) is 13.3. The number of halogens is 1. The number of aromatic nitrogens is 1. The Balaban J connectivity index is 2.40. The number of nitrogens with zero attached hydrogens (tertiary/aromatic N) is 1. The minimum absolute atomic E-state index is 0.186. The lowest BCUT2D eigenvalue weighted by Crippen LogP contribution is -2.10. The summed E-state index contributed by atoms with van der Waals surface area (Å²) in [5.74, 6) is 0.530. The van der Waals surface area contributed by atoms with Gasteiger partial charge in [0.25, 0.3) is 0 Å². The Morgan fingerprint density at radius 3 is 2.28 bits per heavy atom. The van der Waals surface area contributed by atoms with Crippen LogP contribution in [-0.2, 0) is 11.3 Å². The zero-order valence-corrected chi connectivity index (χ0v) is 12.8. The van der Waals surface area contributed by atoms with Crippen molar-refractivity contribution in [3.63, 3.8) is 0 Å². The van der Waals surface area contributed by atoms with Crippen molar-refractivity contribution >= 4 is 22.9 Å². The van der Waals surface area contributed by atoms with Crippen LogP contribution in [0.2, 0.25) is 0 Å². The topological polar surface area (TPSA) is 12.9 Å². The molecule has 1 heterocycles. The number of hydrogen-bond acceptors (Lipinski definition) is 2. The van der Waals surface area contributed by atoms with Crippen LogP contribution in [0.15, 0.2) is 24.3 Å². The van der Waals surface area contributed by atoms with E-state index in [0.717, 1.165) is 21.1 Å². The molecule has 0 N–H and O–H groups in total. The third kappa shape index (κ3) is 2.76. The lowest BCUT2D eigenvalue weighted by molar-refractivity contribution is 0.590. The minimum atomic E-state index is 0.186. The second kappa shape index (κ2) is 5.02. The number of thiazole rings is 1. The van der Waals surface area contributed by atoms with E-state index in [1.54, 1.807) is 11.3 Å². The SMILES string of the molecule is Cc1nc(-c2ccc(C(C)(C)C)cc2)c(CCl)s1. The second-order valence-electron chi connectivity index (χ2n) is 5.47. The highest BCUT2D eigenvalue weighted by Gasteiger charge is 2.15. The fourth-order valence-electron chi connectivity index (χ4n) is 1.91. The summed E-state index contributed by atoms with van der Waals surface area (Å²) in [6.07, 6.45) is 0. The van der Waals surface area contributed by atoms with E-state index >= 15 is 0 Å². The third-order valence-electron chi connectivity index (χ3n) is 2.95. The average Bonchev–Trinajstić information content (AvgIpc) is 2.69. The average molecular weight is 280 g/mol. The van der Waals surface area contributed by atoms with Gasteiger partial charge < -0.3 is 0 Å². The Bertz CT molecular complexity index is 535. The van der Waals surface area contributed by atoms with Crippen LogP contribution in [0.25, 0.3) is 11.3 Å². The van der Waals surface area contributed by atoms with Crippen molar-refractivity contribution in [2.24, 2.45) is 0 Å². The van der Waals surface area contributed by atoms with Crippen LogP contribution >= 0.6 is 22.9 Å². The number of rotatable bonds is 2. The van der Waals surface area contributed by atoms with Gasteiger partial charge in [-0.2, -0.15) is 0 Å². The number of benzene rings is 1. The van der Waals surface area contributed by atoms with Gasteiger partial charge >= 0.3 is 0 Å². The molecule has 0 atom stereocenters. The molecule has 0 saturated carbocycles. The predicted molar refractivity (Wildman–Crippen MR) is 80.5 cm³/mol. The van der Waals surface area contributed by atoms with Gasteiger partial charge in [0, 0.05) is 10.4 Å². The molecule has 0 aliphatic carbocycles. The zero-order valence-electron chi connectivity index (χ0n) is 11.2. The fourth-order valence-corrected chi connectivity index (χ4v) is 3.01. The molecule has 2 rings (SSSR count). The maximum Gasteiger partial charge on any atom is 0.0904 e. The van der Waals surface area contributed by atoms with Crippen molar-refractivity contribution in [3.8, 4) is 11.3 Å². The minimum Gasteiger partial charge on any atom is -0.241 e. The first-order valence-corrected chi connectivity index (χ1v) is 7.40. The molecule has 18 heavy (non-hydrogen) atoms. The molecule has 1 aromatic heterocycles. The summed E-state index contributed by atoms with van der Waals surface area (Å²) in [4.78, 5) is 5.73. The van der Waals surface area contributed by atoms with Crippen molar-refractivity contribution in [1.82, 2.24) is 4.98 Å². The van der Waals surface area contributed by atoms with Crippen molar-refractivity contribution in [2.75, 3.05) is 0 Å². The summed E-state index contributed by atoms with van der Waals surface area (Å²) in [6, 6.07) is 8.65. The molecule has 2 aromatic rings. The molecule has 0 aliphatic heterocycles. The van der Waals surface area contributed by atoms with E-state index in [9.17, 15) is 0 Å². The van der Waals surface area contributed by atoms with E-state index in [-0.39, 0.29) is 5.41 Å². The quantitative estimate of drug-likeness (QED) is 0.693. The molecular weight excluding hydrogens is 262 g/mol. The van der Waals surface area contributed by atoms with Gasteiger partial charge in [-0.1, -0.05) is 45.0 Å². The lowest BCUT2D eigenvalue weighted by Gasteiger charge is -2.19. The Hall–Kier alpha value is -0.860. The molecule has 0 fully saturated rings. The van der Waals surface area contributed by atoms with E-state index < -0.39 is 0 Å². The van der Waals surface area contributed by atoms with Gasteiger partial charge in [0.15, 0.2) is 0 Å². The number of alkyl halides is 1. The Morgan fingerprint density at radius 2 is 1.78 bits per heavy atom. The smallest absolute Gasteiger partial charge is 0.0904 e. The van der Waals surface area contributed by atoms with E-state index in [0.29, 0.717) is 5.88 Å². The van der Waals surface area contributed by atoms with E-state index in [1.165, 1.54) is 5.56 Å². The van der Waals surface area contributed by atoms with Gasteiger partial charge in [-0.05, 0) is 17.9 Å². The van der Waals surface area contributed by atoms with Crippen LogP contribution in [0.1, 0.15) is 36.2 Å². The van der Waals surface area contributed by atoms with Gasteiger partial charge in [0.05, 0.1) is 16.6 Å². The van der Waals surface area contributed by atoms with Gasteiger partial charge in [-0.25, -0.2) is 4.98 Å². The largest absolute Gasteiger partial charge is 0.241 e. The van der Waals surface area contributed by atoms with Crippen molar-refractivity contribution in [3.05, 3.63) is 39.7 Å². The van der Waals surface area contributed by atoms with Gasteiger partial charge in [0.2, 0.25) is 0 Å². The van der Waals surface area contributed by atoms with Gasteiger partial charge in [0.1, 0.15) is 0 Å². The van der Waals surface area contributed by atoms with Crippen LogP contribution in [0.4, 0.5) is 0 Å². The molecule has 0 spiro atoms. The summed E-state index contributed by atoms with van der Waals surface area (Å²) in [6.45, 7) is 8.69. The normalized spacial score (nSPS) is 11.8. The van der Waals surface area contributed by atoms with Crippen LogP contribution in [-0.4, -0.2) is 4.98 Å². The molecule has 0 aliphatic rings. The highest BCUT2D eigenvalue weighted by atomic mass is 35.5. The molecule has 0 amide bonds. The summed E-state index contributed by atoms with van der Waals surface area (Å²) < 4.78 is 0. The summed E-state index contributed by atoms with van der Waals surface area (Å²) >= 11 is 7.65. The first kappa shape index (κ1) is 13.6. The van der Waals surface area contributed by atoms with Gasteiger partial charge in [-0.3, -0.25) is 0 Å². The second-order valence-corrected chi connectivity index (χ2v) is 7.02. The molecule has 1 nitrogen and oxygen atoms in total. The summed E-state index contributed by atoms with van der Waals surface area (Å²) in [7, 11) is 0. The molecule has 0 saturated heterocycles. The van der Waals surface area contributed by atoms with Gasteiger partial charge in [-0.15, -0.1) is 22.9 Å². The van der Waals surface area contributed by atoms with Crippen LogP contribution in [0.3, 0.4) is 0 Å². The standard InChI is InChI=1S/C15H18ClNS/c1-10-17-14(13(9-16)18-10)11-5-7-12(8-6-11)15(2,3)4/h5-8H,9H2,1-4H3. The number of hydrogen-bond donors (Lipinski definition) is 0. The van der Waals surface area contributed by atoms with E-state index in [1.807, 2.05) is 6.92 Å². The molecule has 96 valence electrons. The maximum absolute atomic E-state index is 5.97. The molecule has 1 aromatic carbocycles. The lowest BCUT2D eigenvalue weighted by atomic mass is 9.86. The maximum atomic E-state index is 5.97. The van der Waals surface area contributed by atoms with Crippen LogP contribution in [0, 0.1) is 6.92 Å². The molecule has 0 unspecified atom stereocenters. The van der Waals surface area contributed by atoms with Crippen LogP contribution in [0.5, 0.6) is 0 Å². The fraction of sp³-hybridized carbons (Fsp3) is 0.400. The van der Waals surface area contributed by atoms with E-state index in [4.69, 9.17) is 11.6 Å². The van der Waals surface area contributed by atoms with Crippen molar-refractivity contribution in [1.29, 1.82) is 0 Å². The number of aryl methyl sites for hydroxylation is 1. The molecule has 3 heteroatoms. The molecule has 0 radical (unpaired) electrons. The monoisotopic (exact) mass is 279 g/mol. The van der Waals surface area contributed by atoms with Crippen LogP contribution < -0.4 is 0 Å².